The second kappa shape index (κ2) is 6.68. The summed E-state index contributed by atoms with van der Waals surface area (Å²) in [6.45, 7) is 1.59. The van der Waals surface area contributed by atoms with Crippen molar-refractivity contribution in [2.24, 2.45) is 0 Å². The van der Waals surface area contributed by atoms with E-state index in [1.54, 1.807) is 6.82 Å². The Bertz CT molecular complexity index is 357. The number of benzene rings is 1. The Morgan fingerprint density at radius 1 is 1.50 bits per heavy atom. The van der Waals surface area contributed by atoms with Crippen LogP contribution in [-0.4, -0.2) is 19.3 Å². The van der Waals surface area contributed by atoms with Crippen LogP contribution in [0.25, 0.3) is 0 Å². The number of para-hydroxylation sites is 1. The summed E-state index contributed by atoms with van der Waals surface area (Å²) in [7, 11) is 0.0907. The monoisotopic (exact) mass is 217 g/mol. The molecule has 0 bridgehead atoms. The van der Waals surface area contributed by atoms with Gasteiger partial charge in [-0.25, -0.2) is 0 Å². The van der Waals surface area contributed by atoms with E-state index in [1.165, 1.54) is 6.26 Å². The molecule has 0 aliphatic heterocycles. The van der Waals surface area contributed by atoms with Gasteiger partial charge in [-0.3, -0.25) is 0 Å². The number of hydrogen-bond donors (Lipinski definition) is 4. The summed E-state index contributed by atoms with van der Waals surface area (Å²) in [5, 5.41) is 21.7. The van der Waals surface area contributed by atoms with E-state index in [4.69, 9.17) is 9.97 Å². The Balaban J connectivity index is 2.67. The van der Waals surface area contributed by atoms with Crippen molar-refractivity contribution in [3.8, 4) is 0 Å². The molecule has 82 valence electrons. The third kappa shape index (κ3) is 4.65. The Kier molecular flexibility index (Phi) is 5.15. The van der Waals surface area contributed by atoms with Gasteiger partial charge in [0.15, 0.2) is 0 Å². The number of anilines is 1. The number of hydrogen-bond acceptors (Lipinski definition) is 5. The van der Waals surface area contributed by atoms with Crippen molar-refractivity contribution in [3.63, 3.8) is 0 Å². The molecular formula is C9H13B2N3O2. The van der Waals surface area contributed by atoms with E-state index in [2.05, 4.69) is 10.5 Å². The van der Waals surface area contributed by atoms with Crippen LogP contribution in [0, 0.1) is 5.31 Å². The molecule has 0 spiro atoms. The zero-order valence-corrected chi connectivity index (χ0v) is 8.97. The fraction of sp³-hybridized carbons (Fsp3) is 0.111. The predicted molar refractivity (Wildman–Crippen MR) is 64.7 cm³/mol. The molecular weight excluding hydrogens is 204 g/mol. The normalized spacial score (nSPS) is 10.2. The van der Waals surface area contributed by atoms with Crippen LogP contribution in [0.1, 0.15) is 0 Å². The first-order valence-electron chi connectivity index (χ1n) is 4.83. The molecule has 0 fully saturated rings. The minimum absolute atomic E-state index is 0.477. The van der Waals surface area contributed by atoms with Crippen LogP contribution in [0.3, 0.4) is 0 Å². The first kappa shape index (κ1) is 12.3. The molecule has 0 aliphatic carbocycles. The van der Waals surface area contributed by atoms with Gasteiger partial charge in [-0.05, 0) is 0 Å². The van der Waals surface area contributed by atoms with Crippen LogP contribution < -0.4 is 10.5 Å². The fourth-order valence-corrected chi connectivity index (χ4v) is 1.10. The Morgan fingerprint density at radius 3 is 2.75 bits per heavy atom. The van der Waals surface area contributed by atoms with Gasteiger partial charge in [0.2, 0.25) is 0 Å². The molecule has 0 aromatic heterocycles. The maximum atomic E-state index is 9.20. The van der Waals surface area contributed by atoms with Crippen molar-refractivity contribution < 1.29 is 9.68 Å². The van der Waals surface area contributed by atoms with E-state index in [0.29, 0.717) is 5.82 Å². The van der Waals surface area contributed by atoms with Gasteiger partial charge >= 0.3 is 94.8 Å². The van der Waals surface area contributed by atoms with Crippen molar-refractivity contribution >= 4 is 20.0 Å². The topological polar surface area (TPSA) is 77.4 Å². The second-order valence-electron chi connectivity index (χ2n) is 3.10. The Morgan fingerprint density at radius 2 is 2.19 bits per heavy atom. The third-order valence-electron chi connectivity index (χ3n) is 1.67. The summed E-state index contributed by atoms with van der Waals surface area (Å²) in [6, 6.07) is 9.44. The summed E-state index contributed by atoms with van der Waals surface area (Å²) < 4.78 is 4.71. The van der Waals surface area contributed by atoms with Gasteiger partial charge in [-0.15, -0.1) is 0 Å². The van der Waals surface area contributed by atoms with Crippen LogP contribution in [-0.2, 0) is 4.65 Å². The van der Waals surface area contributed by atoms with E-state index in [0.717, 1.165) is 13.0 Å². The molecule has 0 atom stereocenters. The van der Waals surface area contributed by atoms with Crippen LogP contribution in [0.15, 0.2) is 42.4 Å². The van der Waals surface area contributed by atoms with Gasteiger partial charge in [-0.1, -0.05) is 0 Å². The van der Waals surface area contributed by atoms with Crippen LogP contribution in [0.5, 0.6) is 0 Å². The zero-order chi connectivity index (χ0) is 11.8. The first-order chi connectivity index (χ1) is 7.72. The number of rotatable bonds is 6. The molecule has 0 aliphatic rings. The first-order valence-corrected chi connectivity index (χ1v) is 4.83. The van der Waals surface area contributed by atoms with Crippen LogP contribution in [0.4, 0.5) is 5.69 Å². The minimum atomic E-state index is -0.711. The van der Waals surface area contributed by atoms with Gasteiger partial charge in [0, 0.05) is 0 Å². The summed E-state index contributed by atoms with van der Waals surface area (Å²) in [4.78, 5) is 0. The molecule has 7 heteroatoms. The van der Waals surface area contributed by atoms with E-state index < -0.39 is 7.05 Å². The summed E-state index contributed by atoms with van der Waals surface area (Å²) in [6.07, 6.45) is 1.31. The zero-order valence-electron chi connectivity index (χ0n) is 8.97. The maximum absolute atomic E-state index is 9.20. The molecule has 0 radical (unpaired) electrons. The molecule has 0 heterocycles. The molecule has 4 N–H and O–H groups in total. The van der Waals surface area contributed by atoms with Gasteiger partial charge < -0.3 is 0 Å². The van der Waals surface area contributed by atoms with Gasteiger partial charge in [-0.2, -0.15) is 0 Å². The van der Waals surface area contributed by atoms with Crippen molar-refractivity contribution in [3.05, 3.63) is 42.4 Å². The van der Waals surface area contributed by atoms with E-state index in [-0.39, 0.29) is 0 Å². The SMILES string of the molecule is CB(O)NC(=COB=N)Nc1ccccc1. The standard InChI is InChI=1S/C9H13B2N3O2/c1-11(15)14-9(7-16-10-12)13-8-5-3-2-4-6-8/h2-7,12-15H,1H3. The summed E-state index contributed by atoms with van der Waals surface area (Å²) in [5.74, 6) is 0.477. The van der Waals surface area contributed by atoms with Crippen molar-refractivity contribution in [2.45, 2.75) is 6.82 Å². The van der Waals surface area contributed by atoms with E-state index in [1.807, 2.05) is 30.3 Å². The van der Waals surface area contributed by atoms with Gasteiger partial charge in [0.25, 0.3) is 0 Å². The van der Waals surface area contributed by atoms with E-state index in [9.17, 15) is 5.02 Å². The average Bonchev–Trinajstić information content (AvgIpc) is 2.26. The quantitative estimate of drug-likeness (QED) is 0.423. The fourth-order valence-electron chi connectivity index (χ4n) is 1.10. The molecule has 5 nitrogen and oxygen atoms in total. The van der Waals surface area contributed by atoms with E-state index >= 15 is 0 Å². The molecule has 0 saturated carbocycles. The van der Waals surface area contributed by atoms with Crippen LogP contribution in [0.2, 0.25) is 6.82 Å². The predicted octanol–water partition coefficient (Wildman–Crippen LogP) is 0.995. The Labute approximate surface area is 95.4 Å². The second-order valence-corrected chi connectivity index (χ2v) is 3.10. The van der Waals surface area contributed by atoms with Gasteiger partial charge in [0.1, 0.15) is 0 Å². The third-order valence-corrected chi connectivity index (χ3v) is 1.67. The number of nitrogens with one attached hydrogen (secondary N) is 3. The average molecular weight is 217 g/mol. The molecule has 1 aromatic carbocycles. The van der Waals surface area contributed by atoms with Crippen molar-refractivity contribution in [1.82, 2.24) is 5.23 Å². The molecule has 0 unspecified atom stereocenters. The van der Waals surface area contributed by atoms with Crippen LogP contribution >= 0.6 is 0 Å². The molecule has 16 heavy (non-hydrogen) atoms. The summed E-state index contributed by atoms with van der Waals surface area (Å²) in [5.41, 5.74) is 0.857. The van der Waals surface area contributed by atoms with Crippen molar-refractivity contribution in [2.75, 3.05) is 5.32 Å². The Hall–Kier alpha value is -1.75. The van der Waals surface area contributed by atoms with Crippen molar-refractivity contribution in [1.29, 1.82) is 5.31 Å². The molecule has 0 amide bonds. The molecule has 1 rings (SSSR count). The molecule has 1 aromatic rings. The summed E-state index contributed by atoms with van der Waals surface area (Å²) >= 11 is 0. The molecule has 0 saturated heterocycles. The van der Waals surface area contributed by atoms with Gasteiger partial charge in [0.05, 0.1) is 0 Å².